The molecule has 8 nitrogen and oxygen atoms in total. The van der Waals surface area contributed by atoms with E-state index < -0.39 is 18.3 Å². The molecular formula is C22H20N4O4. The van der Waals surface area contributed by atoms with Gasteiger partial charge in [-0.05, 0) is 22.3 Å². The fourth-order valence-electron chi connectivity index (χ4n) is 3.77. The number of rotatable bonds is 6. The molecule has 0 saturated heterocycles. The number of aromatic amines is 1. The van der Waals surface area contributed by atoms with Crippen molar-refractivity contribution < 1.29 is 19.7 Å². The normalized spacial score (nSPS) is 14.3. The SMILES string of the molecule is N#Cc1[nH]ncc1C(O)C(O)CNC(=O)OCC1c2ccccc2-c2ccccc21. The van der Waals surface area contributed by atoms with Crippen LogP contribution in [0.5, 0.6) is 0 Å². The summed E-state index contributed by atoms with van der Waals surface area (Å²) < 4.78 is 5.39. The Morgan fingerprint density at radius 1 is 1.17 bits per heavy atom. The van der Waals surface area contributed by atoms with Gasteiger partial charge >= 0.3 is 6.09 Å². The molecule has 3 aromatic rings. The number of aliphatic hydroxyl groups excluding tert-OH is 2. The second kappa shape index (κ2) is 8.37. The number of fused-ring (bicyclic) bond motifs is 3. The van der Waals surface area contributed by atoms with E-state index in [2.05, 4.69) is 27.6 Å². The molecule has 1 heterocycles. The number of alkyl carbamates (subject to hydrolysis) is 1. The van der Waals surface area contributed by atoms with Crippen molar-refractivity contribution in [3.05, 3.63) is 77.1 Å². The van der Waals surface area contributed by atoms with Gasteiger partial charge in [-0.3, -0.25) is 5.10 Å². The Labute approximate surface area is 172 Å². The highest BCUT2D eigenvalue weighted by molar-refractivity contribution is 5.79. The van der Waals surface area contributed by atoms with Gasteiger partial charge < -0.3 is 20.3 Å². The average Bonchev–Trinajstić information content (AvgIpc) is 3.38. The largest absolute Gasteiger partial charge is 0.449 e. The molecule has 0 radical (unpaired) electrons. The molecule has 0 fully saturated rings. The van der Waals surface area contributed by atoms with E-state index in [0.29, 0.717) is 0 Å². The van der Waals surface area contributed by atoms with Crippen molar-refractivity contribution in [3.8, 4) is 17.2 Å². The molecule has 0 aliphatic heterocycles. The lowest BCUT2D eigenvalue weighted by atomic mass is 9.98. The Kier molecular flexibility index (Phi) is 5.48. The second-order valence-corrected chi connectivity index (χ2v) is 7.03. The summed E-state index contributed by atoms with van der Waals surface area (Å²) in [7, 11) is 0. The highest BCUT2D eigenvalue weighted by atomic mass is 16.5. The third kappa shape index (κ3) is 3.64. The number of hydrogen-bond acceptors (Lipinski definition) is 6. The zero-order chi connectivity index (χ0) is 21.1. The molecule has 4 N–H and O–H groups in total. The van der Waals surface area contributed by atoms with Crippen molar-refractivity contribution in [1.82, 2.24) is 15.5 Å². The molecule has 0 bridgehead atoms. The number of carbonyl (C=O) groups is 1. The standard InChI is InChI=1S/C22H20N4O4/c23-9-19-17(10-25-26-19)21(28)20(27)11-24-22(29)30-12-18-15-7-3-1-5-13(15)14-6-2-4-8-16(14)18/h1-8,10,18,20-21,27-28H,11-12H2,(H,24,29)(H,25,26). The molecule has 2 unspecified atom stereocenters. The van der Waals surface area contributed by atoms with Crippen molar-refractivity contribution in [2.45, 2.75) is 18.1 Å². The van der Waals surface area contributed by atoms with E-state index in [-0.39, 0.29) is 30.3 Å². The highest BCUT2D eigenvalue weighted by Crippen LogP contribution is 2.44. The lowest BCUT2D eigenvalue weighted by Crippen LogP contribution is -2.36. The summed E-state index contributed by atoms with van der Waals surface area (Å²) >= 11 is 0. The number of nitrogens with one attached hydrogen (secondary N) is 2. The molecule has 8 heteroatoms. The molecule has 1 amide bonds. The summed E-state index contributed by atoms with van der Waals surface area (Å²) in [4.78, 5) is 12.2. The van der Waals surface area contributed by atoms with Crippen LogP contribution in [0.1, 0.15) is 34.4 Å². The monoisotopic (exact) mass is 404 g/mol. The number of amides is 1. The molecule has 1 aliphatic carbocycles. The maximum atomic E-state index is 12.2. The lowest BCUT2D eigenvalue weighted by molar-refractivity contribution is 0.0184. The predicted octanol–water partition coefficient (Wildman–Crippen LogP) is 2.21. The van der Waals surface area contributed by atoms with Gasteiger partial charge in [-0.2, -0.15) is 10.4 Å². The molecule has 1 aromatic heterocycles. The smallest absolute Gasteiger partial charge is 0.407 e. The molecule has 2 atom stereocenters. The number of hydrogen-bond donors (Lipinski definition) is 4. The van der Waals surface area contributed by atoms with Gasteiger partial charge in [-0.15, -0.1) is 0 Å². The van der Waals surface area contributed by atoms with Crippen LogP contribution in [0, 0.1) is 11.3 Å². The van der Waals surface area contributed by atoms with Crippen LogP contribution >= 0.6 is 0 Å². The Morgan fingerprint density at radius 2 is 1.80 bits per heavy atom. The summed E-state index contributed by atoms with van der Waals surface area (Å²) in [5.74, 6) is -0.0669. The highest BCUT2D eigenvalue weighted by Gasteiger charge is 2.29. The zero-order valence-electron chi connectivity index (χ0n) is 15.9. The topological polar surface area (TPSA) is 131 Å². The fourth-order valence-corrected chi connectivity index (χ4v) is 3.77. The van der Waals surface area contributed by atoms with Gasteiger partial charge in [0.15, 0.2) is 0 Å². The van der Waals surface area contributed by atoms with Crippen molar-refractivity contribution in [3.63, 3.8) is 0 Å². The lowest BCUT2D eigenvalue weighted by Gasteiger charge is -2.18. The zero-order valence-corrected chi connectivity index (χ0v) is 15.9. The first-order valence-electron chi connectivity index (χ1n) is 9.48. The first kappa shape index (κ1) is 19.6. The molecule has 30 heavy (non-hydrogen) atoms. The summed E-state index contributed by atoms with van der Waals surface area (Å²) in [5.41, 5.74) is 4.70. The first-order chi connectivity index (χ1) is 14.6. The van der Waals surface area contributed by atoms with Crippen molar-refractivity contribution in [2.24, 2.45) is 0 Å². The molecule has 152 valence electrons. The Balaban J connectivity index is 1.35. The van der Waals surface area contributed by atoms with E-state index in [1.807, 2.05) is 42.5 Å². The number of aromatic nitrogens is 2. The minimum Gasteiger partial charge on any atom is -0.449 e. The van der Waals surface area contributed by atoms with Crippen molar-refractivity contribution >= 4 is 6.09 Å². The Morgan fingerprint density at radius 3 is 2.43 bits per heavy atom. The molecule has 1 aliphatic rings. The van der Waals surface area contributed by atoms with Crippen LogP contribution < -0.4 is 5.32 Å². The minimum atomic E-state index is -1.37. The number of H-pyrrole nitrogens is 1. The van der Waals surface area contributed by atoms with Crippen molar-refractivity contribution in [2.75, 3.05) is 13.2 Å². The summed E-state index contributed by atoms with van der Waals surface area (Å²) in [5, 5.41) is 37.8. The second-order valence-electron chi connectivity index (χ2n) is 7.03. The van der Waals surface area contributed by atoms with Crippen LogP contribution in [0.3, 0.4) is 0 Å². The molecular weight excluding hydrogens is 384 g/mol. The Hall–Kier alpha value is -3.67. The average molecular weight is 404 g/mol. The first-order valence-corrected chi connectivity index (χ1v) is 9.48. The van der Waals surface area contributed by atoms with Gasteiger partial charge in [-0.25, -0.2) is 4.79 Å². The van der Waals surface area contributed by atoms with Crippen LogP contribution in [-0.4, -0.2) is 45.8 Å². The van der Waals surface area contributed by atoms with Gasteiger partial charge in [-0.1, -0.05) is 48.5 Å². The van der Waals surface area contributed by atoms with Crippen LogP contribution in [0.4, 0.5) is 4.79 Å². The fraction of sp³-hybridized carbons (Fsp3) is 0.227. The maximum Gasteiger partial charge on any atom is 0.407 e. The van der Waals surface area contributed by atoms with Crippen LogP contribution in [0.25, 0.3) is 11.1 Å². The van der Waals surface area contributed by atoms with E-state index in [9.17, 15) is 15.0 Å². The van der Waals surface area contributed by atoms with Crippen LogP contribution in [-0.2, 0) is 4.74 Å². The molecule has 0 saturated carbocycles. The third-order valence-electron chi connectivity index (χ3n) is 5.26. The maximum absolute atomic E-state index is 12.2. The number of nitriles is 1. The summed E-state index contributed by atoms with van der Waals surface area (Å²) in [6, 6.07) is 17.9. The molecule has 2 aromatic carbocycles. The Bertz CT molecular complexity index is 1060. The number of carbonyl (C=O) groups excluding carboxylic acids is 1. The van der Waals surface area contributed by atoms with Gasteiger partial charge in [0, 0.05) is 18.0 Å². The van der Waals surface area contributed by atoms with Gasteiger partial charge in [0.1, 0.15) is 30.6 Å². The van der Waals surface area contributed by atoms with Gasteiger partial charge in [0.05, 0.1) is 6.20 Å². The minimum absolute atomic E-state index is 0.0580. The summed E-state index contributed by atoms with van der Waals surface area (Å²) in [6.07, 6.45) is -2.13. The molecule has 0 spiro atoms. The summed E-state index contributed by atoms with van der Waals surface area (Å²) in [6.45, 7) is -0.0906. The number of benzene rings is 2. The van der Waals surface area contributed by atoms with E-state index in [1.165, 1.54) is 6.20 Å². The van der Waals surface area contributed by atoms with E-state index in [0.717, 1.165) is 22.3 Å². The van der Waals surface area contributed by atoms with Crippen LogP contribution in [0.2, 0.25) is 0 Å². The van der Waals surface area contributed by atoms with Gasteiger partial charge in [0.25, 0.3) is 0 Å². The molecule has 4 rings (SSSR count). The quantitative estimate of drug-likeness (QED) is 0.498. The third-order valence-corrected chi connectivity index (χ3v) is 5.26. The number of aliphatic hydroxyl groups is 2. The van der Waals surface area contributed by atoms with E-state index in [1.54, 1.807) is 0 Å². The van der Waals surface area contributed by atoms with Crippen LogP contribution in [0.15, 0.2) is 54.7 Å². The van der Waals surface area contributed by atoms with Crippen molar-refractivity contribution in [1.29, 1.82) is 5.26 Å². The number of ether oxygens (including phenoxy) is 1. The van der Waals surface area contributed by atoms with Gasteiger partial charge in [0.2, 0.25) is 0 Å². The van der Waals surface area contributed by atoms with E-state index >= 15 is 0 Å². The number of nitrogens with zero attached hydrogens (tertiary/aromatic N) is 2. The predicted molar refractivity (Wildman–Crippen MR) is 107 cm³/mol. The van der Waals surface area contributed by atoms with E-state index in [4.69, 9.17) is 10.00 Å².